The summed E-state index contributed by atoms with van der Waals surface area (Å²) in [6.07, 6.45) is -42.8. The molecule has 0 spiro atoms. The smallest absolute Gasteiger partial charge is 0.394 e. The molecule has 5 fully saturated rings. The Morgan fingerprint density at radius 2 is 1.02 bits per heavy atom. The summed E-state index contributed by atoms with van der Waals surface area (Å²) in [5.41, 5.74) is 0. The Hall–Kier alpha value is -2.07. The van der Waals surface area contributed by atoms with E-state index in [0.717, 1.165) is 13.8 Å². The van der Waals surface area contributed by atoms with Crippen molar-refractivity contribution < 1.29 is 136 Å². The van der Waals surface area contributed by atoms with E-state index in [4.69, 9.17) is 42.6 Å². The molecule has 5 saturated heterocycles. The molecule has 30 nitrogen and oxygen atoms in total. The fourth-order valence-corrected chi connectivity index (χ4v) is 8.41. The number of carbonyl (C=O) groups is 2. The molecule has 2 amide bonds. The number of rotatable bonds is 16. The number of ether oxygens (including phenoxy) is 9. The first-order valence-corrected chi connectivity index (χ1v) is 21.5. The summed E-state index contributed by atoms with van der Waals surface area (Å²) in [6, 6.07) is -3.34. The largest absolute Gasteiger partial charge is 0.397 e. The predicted molar refractivity (Wildman–Crippen MR) is 199 cm³/mol. The summed E-state index contributed by atoms with van der Waals surface area (Å²) in [6.45, 7) is -0.420. The quantitative estimate of drug-likeness (QED) is 0.0639. The normalized spacial score (nSPS) is 47.5. The third-order valence-electron chi connectivity index (χ3n) is 11.3. The van der Waals surface area contributed by atoms with E-state index < -0.39 is 202 Å². The van der Waals surface area contributed by atoms with Crippen LogP contribution in [0, 0.1) is 0 Å². The molecule has 0 aromatic heterocycles. The van der Waals surface area contributed by atoms with E-state index >= 15 is 0 Å². The lowest BCUT2D eigenvalue weighted by atomic mass is 9.94. The number of hydrogen-bond acceptors (Lipinski definition) is 27. The molecule has 5 aliphatic heterocycles. The van der Waals surface area contributed by atoms with Gasteiger partial charge in [0.05, 0.1) is 32.5 Å². The lowest BCUT2D eigenvalue weighted by molar-refractivity contribution is -0.381. The van der Waals surface area contributed by atoms with Gasteiger partial charge in [-0.3, -0.25) is 14.1 Å². The number of hydrogen-bond donors (Lipinski definition) is 16. The van der Waals surface area contributed by atoms with E-state index in [1.54, 1.807) is 0 Å². The van der Waals surface area contributed by atoms with E-state index in [1.165, 1.54) is 6.92 Å². The number of carbonyl (C=O) groups excluding carboxylic acids is 2. The van der Waals surface area contributed by atoms with Gasteiger partial charge in [-0.15, -0.1) is 0 Å². The average molecular weight is 975 g/mol. The van der Waals surface area contributed by atoms with Crippen LogP contribution in [0.2, 0.25) is 0 Å². The minimum Gasteiger partial charge on any atom is -0.394 e. The van der Waals surface area contributed by atoms with Gasteiger partial charge in [-0.25, -0.2) is 4.18 Å². The molecule has 25 atom stereocenters. The van der Waals surface area contributed by atoms with Gasteiger partial charge in [0.25, 0.3) is 0 Å². The molecular formula is C34H58N2O28S. The Balaban J connectivity index is 1.36. The van der Waals surface area contributed by atoms with E-state index in [1.807, 2.05) is 0 Å². The number of amides is 2. The summed E-state index contributed by atoms with van der Waals surface area (Å²) in [7, 11) is -5.33. The van der Waals surface area contributed by atoms with Gasteiger partial charge in [0, 0.05) is 13.8 Å². The zero-order valence-corrected chi connectivity index (χ0v) is 35.5. The summed E-state index contributed by atoms with van der Waals surface area (Å²) in [4.78, 5) is 24.6. The van der Waals surface area contributed by atoms with Crippen molar-refractivity contribution >= 4 is 22.2 Å². The average Bonchev–Trinajstić information content (AvgIpc) is 3.23. The number of nitrogens with one attached hydrogen (secondary N) is 2. The second-order valence-corrected chi connectivity index (χ2v) is 17.0. The molecule has 16 N–H and O–H groups in total. The van der Waals surface area contributed by atoms with Gasteiger partial charge in [-0.05, 0) is 6.92 Å². The highest BCUT2D eigenvalue weighted by molar-refractivity contribution is 7.80. The van der Waals surface area contributed by atoms with Crippen molar-refractivity contribution in [3.05, 3.63) is 0 Å². The molecular weight excluding hydrogens is 916 g/mol. The van der Waals surface area contributed by atoms with Gasteiger partial charge in [0.2, 0.25) is 11.8 Å². The van der Waals surface area contributed by atoms with Crippen LogP contribution in [-0.2, 0) is 66.8 Å². The molecule has 378 valence electrons. The summed E-state index contributed by atoms with van der Waals surface area (Å²) >= 11 is 0. The molecule has 0 radical (unpaired) electrons. The molecule has 65 heavy (non-hydrogen) atoms. The van der Waals surface area contributed by atoms with E-state index in [0.29, 0.717) is 0 Å². The SMILES string of the molecule is CC(=O)N[C@H]1C(OC[C@H]2OC(O)[C@H](NC(C)=O)[C@@H](O[C@@H]3O[C@H](CO)[C@H](O)[C@H](O)[C@H]3O[C@@H]3O[C@@H](C)[C@@H](O)[C@@H](O)[C@@H]3O)[C@H]2O)O[C@H](CO)[C@@H](O[C@@H]2O[C@H](CO)[C@H](O)[C@H](OS(=O)(=O)O)[C@H]2O)[C@@H]1O. The van der Waals surface area contributed by atoms with Gasteiger partial charge in [-0.2, -0.15) is 8.42 Å². The molecule has 0 saturated carbocycles. The molecule has 5 heterocycles. The van der Waals surface area contributed by atoms with Crippen LogP contribution >= 0.6 is 0 Å². The highest BCUT2D eigenvalue weighted by Gasteiger charge is 2.56. The first kappa shape index (κ1) is 53.9. The highest BCUT2D eigenvalue weighted by atomic mass is 32.3. The fourth-order valence-electron chi connectivity index (χ4n) is 7.90. The fraction of sp³-hybridized carbons (Fsp3) is 0.941. The Morgan fingerprint density at radius 3 is 1.60 bits per heavy atom. The first-order valence-electron chi connectivity index (χ1n) is 20.1. The van der Waals surface area contributed by atoms with Crippen molar-refractivity contribution in [1.29, 1.82) is 0 Å². The highest BCUT2D eigenvalue weighted by Crippen LogP contribution is 2.35. The summed E-state index contributed by atoms with van der Waals surface area (Å²) < 4.78 is 87.4. The van der Waals surface area contributed by atoms with Crippen molar-refractivity contribution in [1.82, 2.24) is 10.6 Å². The molecule has 5 aliphatic rings. The van der Waals surface area contributed by atoms with Gasteiger partial charge in [-0.1, -0.05) is 0 Å². The molecule has 0 aromatic rings. The standard InChI is InChI=1S/C34H58N2O28S/c1-8-17(42)22(47)24(49)32(56-8)63-29-23(48)18(43)11(4-37)59-34(29)62-27-16(36-10(3)41)30(51)57-14(20(27)45)7-55-31-15(35-9(2)40)21(46)26(13(6-39)60-31)61-33-25(50)28(64-65(52,53)54)19(44)12(5-38)58-33/h8,11-34,37-39,42-51H,4-7H2,1-3H3,(H,35,40)(H,36,41)(H,52,53,54)/t8-,11+,12+,13+,14+,15+,16+,17+,18-,19-,20-,21+,22+,23-,24-,25+,26+,27+,28-,29+,30?,31?,32-,33-,34-/m0/s1. The van der Waals surface area contributed by atoms with E-state index in [-0.39, 0.29) is 0 Å². The predicted octanol–water partition coefficient (Wildman–Crippen LogP) is -10.8. The topological polar surface area (TPSA) is 468 Å². The van der Waals surface area contributed by atoms with Crippen LogP contribution in [0.15, 0.2) is 0 Å². The second-order valence-electron chi connectivity index (χ2n) is 15.9. The van der Waals surface area contributed by atoms with Crippen LogP contribution < -0.4 is 10.6 Å². The Bertz CT molecular complexity index is 1670. The Kier molecular flexibility index (Phi) is 18.7. The lowest BCUT2D eigenvalue weighted by Gasteiger charge is -2.49. The van der Waals surface area contributed by atoms with Gasteiger partial charge in [0.1, 0.15) is 116 Å². The summed E-state index contributed by atoms with van der Waals surface area (Å²) in [5, 5.41) is 143. The first-order chi connectivity index (χ1) is 30.4. The zero-order chi connectivity index (χ0) is 48.4. The minimum atomic E-state index is -5.33. The van der Waals surface area contributed by atoms with Crippen LogP contribution in [-0.4, -0.2) is 271 Å². The van der Waals surface area contributed by atoms with Gasteiger partial charge < -0.3 is 120 Å². The van der Waals surface area contributed by atoms with Crippen molar-refractivity contribution in [2.75, 3.05) is 26.4 Å². The summed E-state index contributed by atoms with van der Waals surface area (Å²) in [5.74, 6) is -1.61. The molecule has 0 aliphatic carbocycles. The molecule has 0 bridgehead atoms. The van der Waals surface area contributed by atoms with Crippen LogP contribution in [0.3, 0.4) is 0 Å². The van der Waals surface area contributed by atoms with Crippen LogP contribution in [0.1, 0.15) is 20.8 Å². The zero-order valence-electron chi connectivity index (χ0n) is 34.6. The maximum Gasteiger partial charge on any atom is 0.397 e. The van der Waals surface area contributed by atoms with Crippen molar-refractivity contribution in [2.24, 2.45) is 0 Å². The van der Waals surface area contributed by atoms with Crippen LogP contribution in [0.4, 0.5) is 0 Å². The number of aliphatic hydroxyl groups is 13. The molecule has 0 aromatic carbocycles. The van der Waals surface area contributed by atoms with Crippen molar-refractivity contribution in [3.63, 3.8) is 0 Å². The van der Waals surface area contributed by atoms with Gasteiger partial charge in [0.15, 0.2) is 31.5 Å². The maximum atomic E-state index is 12.4. The van der Waals surface area contributed by atoms with Crippen molar-refractivity contribution in [3.8, 4) is 0 Å². The molecule has 2 unspecified atom stereocenters. The third kappa shape index (κ3) is 12.4. The molecule has 31 heteroatoms. The van der Waals surface area contributed by atoms with Gasteiger partial charge >= 0.3 is 10.4 Å². The van der Waals surface area contributed by atoms with Crippen LogP contribution in [0.5, 0.6) is 0 Å². The van der Waals surface area contributed by atoms with Crippen LogP contribution in [0.25, 0.3) is 0 Å². The second kappa shape index (κ2) is 22.6. The minimum absolute atomic E-state index is 0.792. The van der Waals surface area contributed by atoms with Crippen molar-refractivity contribution in [2.45, 2.75) is 174 Å². The Morgan fingerprint density at radius 1 is 0.508 bits per heavy atom. The monoisotopic (exact) mass is 974 g/mol. The van der Waals surface area contributed by atoms with E-state index in [9.17, 15) is 88.9 Å². The Labute approximate surface area is 368 Å². The van der Waals surface area contributed by atoms with E-state index in [2.05, 4.69) is 14.8 Å². The molecule has 5 rings (SSSR count). The third-order valence-corrected chi connectivity index (χ3v) is 11.7. The maximum absolute atomic E-state index is 12.4. The lowest BCUT2D eigenvalue weighted by Crippen LogP contribution is -2.69. The number of aliphatic hydroxyl groups excluding tert-OH is 13.